The predicted molar refractivity (Wildman–Crippen MR) is 143 cm³/mol. The number of nitrogen functional groups attached to an aromatic ring is 2. The Hall–Kier alpha value is -5.04. The molecule has 2 aromatic heterocycles. The van der Waals surface area contributed by atoms with E-state index in [1.54, 1.807) is 30.5 Å². The molecule has 0 aliphatic rings. The van der Waals surface area contributed by atoms with Crippen LogP contribution in [0.25, 0.3) is 21.6 Å². The van der Waals surface area contributed by atoms with Crippen LogP contribution < -0.4 is 21.7 Å². The Kier molecular flexibility index (Phi) is 9.87. The van der Waals surface area contributed by atoms with Crippen molar-refractivity contribution in [2.75, 3.05) is 30.0 Å². The van der Waals surface area contributed by atoms with Crippen LogP contribution in [0.5, 0.6) is 0 Å². The Morgan fingerprint density at radius 2 is 1.87 bits per heavy atom. The summed E-state index contributed by atoms with van der Waals surface area (Å²) in [5.41, 5.74) is 22.0. The van der Waals surface area contributed by atoms with Crippen molar-refractivity contribution in [1.29, 1.82) is 0 Å². The number of unbranched alkanes of at least 4 members (excludes halogenated alkanes) is 1. The molecule has 1 amide bonds. The van der Waals surface area contributed by atoms with E-state index in [2.05, 4.69) is 35.3 Å². The number of nitrogens with two attached hydrogens (primary N) is 2. The zero-order valence-electron chi connectivity index (χ0n) is 21.3. The Balaban J connectivity index is 1.55. The van der Waals surface area contributed by atoms with Gasteiger partial charge in [0.25, 0.3) is 5.91 Å². The average molecular weight is 536 g/mol. The van der Waals surface area contributed by atoms with E-state index < -0.39 is 17.9 Å². The van der Waals surface area contributed by atoms with Gasteiger partial charge in [-0.25, -0.2) is 14.8 Å². The van der Waals surface area contributed by atoms with Gasteiger partial charge in [0, 0.05) is 42.6 Å². The quantitative estimate of drug-likeness (QED) is 0.101. The summed E-state index contributed by atoms with van der Waals surface area (Å²) < 4.78 is 0. The van der Waals surface area contributed by atoms with Crippen LogP contribution in [0, 0.1) is 0 Å². The number of hydrogen-bond acceptors (Lipinski definition) is 11. The van der Waals surface area contributed by atoms with Gasteiger partial charge in [-0.2, -0.15) is 9.97 Å². The number of benzene rings is 1. The molecule has 2 heterocycles. The molecule has 0 aliphatic carbocycles. The maximum Gasteiger partial charge on any atom is 0.326 e. The lowest BCUT2D eigenvalue weighted by molar-refractivity contribution is -0.139. The van der Waals surface area contributed by atoms with E-state index in [1.165, 1.54) is 0 Å². The number of azide groups is 1. The highest BCUT2D eigenvalue weighted by Crippen LogP contribution is 2.19. The van der Waals surface area contributed by atoms with Gasteiger partial charge in [0.05, 0.1) is 18.4 Å². The summed E-state index contributed by atoms with van der Waals surface area (Å²) in [6.07, 6.45) is 2.95. The molecular weight excluding hydrogens is 506 g/mol. The number of aromatic nitrogens is 4. The zero-order valence-corrected chi connectivity index (χ0v) is 21.3. The first kappa shape index (κ1) is 28.5. The molecule has 39 heavy (non-hydrogen) atoms. The first-order chi connectivity index (χ1) is 18.7. The van der Waals surface area contributed by atoms with Crippen LogP contribution in [0.1, 0.15) is 48.2 Å². The SMILES string of the molecule is CN(Cc1cnc2nc(N)nc(N)c2n1)c1ccc(C(=O)N[C@@H](CCC(=O)CCCCN=[N+]=[N-])C(=O)O)cc1. The summed E-state index contributed by atoms with van der Waals surface area (Å²) in [7, 11) is 1.83. The van der Waals surface area contributed by atoms with Crippen molar-refractivity contribution >= 4 is 46.3 Å². The number of hydrogen-bond donors (Lipinski definition) is 4. The molecule has 0 spiro atoms. The molecule has 0 bridgehead atoms. The highest BCUT2D eigenvalue weighted by atomic mass is 16.4. The highest BCUT2D eigenvalue weighted by molar-refractivity contribution is 5.97. The van der Waals surface area contributed by atoms with Gasteiger partial charge >= 0.3 is 5.97 Å². The van der Waals surface area contributed by atoms with E-state index in [0.29, 0.717) is 42.8 Å². The number of carbonyl (C=O) groups excluding carboxylic acids is 2. The highest BCUT2D eigenvalue weighted by Gasteiger charge is 2.22. The number of nitrogens with one attached hydrogen (secondary N) is 1. The van der Waals surface area contributed by atoms with Crippen molar-refractivity contribution in [2.24, 2.45) is 5.11 Å². The molecule has 1 atom stereocenters. The van der Waals surface area contributed by atoms with E-state index in [0.717, 1.165) is 5.69 Å². The summed E-state index contributed by atoms with van der Waals surface area (Å²) in [4.78, 5) is 57.5. The van der Waals surface area contributed by atoms with Crippen LogP contribution in [-0.4, -0.2) is 62.3 Å². The average Bonchev–Trinajstić information content (AvgIpc) is 2.91. The summed E-state index contributed by atoms with van der Waals surface area (Å²) in [5, 5.41) is 15.4. The van der Waals surface area contributed by atoms with Crippen LogP contribution in [0.3, 0.4) is 0 Å². The zero-order chi connectivity index (χ0) is 28.4. The minimum absolute atomic E-state index is 0.0156. The molecule has 3 rings (SSSR count). The number of anilines is 3. The third-order valence-corrected chi connectivity index (χ3v) is 5.81. The van der Waals surface area contributed by atoms with Crippen LogP contribution in [0.4, 0.5) is 17.5 Å². The number of carbonyl (C=O) groups is 3. The van der Waals surface area contributed by atoms with Gasteiger partial charge in [0.1, 0.15) is 11.8 Å². The van der Waals surface area contributed by atoms with E-state index in [1.807, 2.05) is 11.9 Å². The van der Waals surface area contributed by atoms with E-state index in [9.17, 15) is 19.5 Å². The van der Waals surface area contributed by atoms with Gasteiger partial charge in [-0.15, -0.1) is 0 Å². The molecule has 0 unspecified atom stereocenters. The predicted octanol–water partition coefficient (Wildman–Crippen LogP) is 2.23. The first-order valence-corrected chi connectivity index (χ1v) is 12.1. The van der Waals surface area contributed by atoms with Gasteiger partial charge in [0.15, 0.2) is 17.0 Å². The fourth-order valence-corrected chi connectivity index (χ4v) is 3.74. The third-order valence-electron chi connectivity index (χ3n) is 5.81. The lowest BCUT2D eigenvalue weighted by atomic mass is 10.0. The van der Waals surface area contributed by atoms with Crippen LogP contribution in [0.15, 0.2) is 35.6 Å². The number of amides is 1. The molecular formula is C24H29N11O4. The Morgan fingerprint density at radius 1 is 1.13 bits per heavy atom. The maximum absolute atomic E-state index is 12.7. The van der Waals surface area contributed by atoms with Crippen molar-refractivity contribution in [2.45, 2.75) is 44.7 Å². The Labute approximate surface area is 223 Å². The number of nitrogens with zero attached hydrogens (tertiary/aromatic N) is 8. The summed E-state index contributed by atoms with van der Waals surface area (Å²) in [5.74, 6) is -1.74. The number of carboxylic acid groups (broad SMARTS) is 1. The number of Topliss-reactive ketones (excluding diaryl/α,β-unsaturated/α-hetero) is 1. The second kappa shape index (κ2) is 13.5. The summed E-state index contributed by atoms with van der Waals surface area (Å²) >= 11 is 0. The van der Waals surface area contributed by atoms with Crippen LogP contribution in [0.2, 0.25) is 0 Å². The van der Waals surface area contributed by atoms with Crippen molar-refractivity contribution in [3.05, 3.63) is 52.2 Å². The lowest BCUT2D eigenvalue weighted by Crippen LogP contribution is -2.41. The second-order valence-electron chi connectivity index (χ2n) is 8.76. The molecule has 3 aromatic rings. The molecule has 1 aromatic carbocycles. The Bertz CT molecular complexity index is 1390. The minimum atomic E-state index is -1.22. The molecule has 0 aliphatic heterocycles. The largest absolute Gasteiger partial charge is 0.480 e. The Morgan fingerprint density at radius 3 is 2.56 bits per heavy atom. The topological polar surface area (TPSA) is 239 Å². The third kappa shape index (κ3) is 8.23. The second-order valence-corrected chi connectivity index (χ2v) is 8.76. The van der Waals surface area contributed by atoms with Crippen molar-refractivity contribution in [3.63, 3.8) is 0 Å². The van der Waals surface area contributed by atoms with Gasteiger partial charge in [0.2, 0.25) is 5.95 Å². The molecule has 0 saturated carbocycles. The van der Waals surface area contributed by atoms with Crippen molar-refractivity contribution in [3.8, 4) is 0 Å². The van der Waals surface area contributed by atoms with Gasteiger partial charge in [-0.3, -0.25) is 9.59 Å². The molecule has 0 fully saturated rings. The molecule has 15 nitrogen and oxygen atoms in total. The van der Waals surface area contributed by atoms with Crippen LogP contribution >= 0.6 is 0 Å². The maximum atomic E-state index is 12.7. The van der Waals surface area contributed by atoms with Crippen LogP contribution in [-0.2, 0) is 16.1 Å². The molecule has 0 radical (unpaired) electrons. The van der Waals surface area contributed by atoms with E-state index in [-0.39, 0.29) is 42.4 Å². The molecule has 6 N–H and O–H groups in total. The fourth-order valence-electron chi connectivity index (χ4n) is 3.74. The smallest absolute Gasteiger partial charge is 0.326 e. The van der Waals surface area contributed by atoms with E-state index in [4.69, 9.17) is 17.0 Å². The molecule has 15 heteroatoms. The number of aliphatic carboxylic acids is 1. The monoisotopic (exact) mass is 535 g/mol. The van der Waals surface area contributed by atoms with Crippen molar-refractivity contribution < 1.29 is 19.5 Å². The number of fused-ring (bicyclic) bond motifs is 1. The first-order valence-electron chi connectivity index (χ1n) is 12.1. The lowest BCUT2D eigenvalue weighted by Gasteiger charge is -2.19. The van der Waals surface area contributed by atoms with Gasteiger partial charge < -0.3 is 26.8 Å². The minimum Gasteiger partial charge on any atom is -0.480 e. The number of ketones is 1. The van der Waals surface area contributed by atoms with Gasteiger partial charge in [-0.1, -0.05) is 5.11 Å². The van der Waals surface area contributed by atoms with Gasteiger partial charge in [-0.05, 0) is 49.1 Å². The normalized spacial score (nSPS) is 11.4. The standard InChI is InChI=1S/C24H29N11O4/c1-35(13-15-12-28-21-19(30-15)20(25)32-24(26)33-21)16-7-5-14(6-8-16)22(37)31-18(23(38)39)10-9-17(36)4-2-3-11-29-34-27/h5-8,12,18H,2-4,9-11,13H2,1H3,(H,31,37)(H,38,39)(H4,25,26,28,32,33)/t18-/m0/s1. The fraction of sp³-hybridized carbons (Fsp3) is 0.375. The number of rotatable bonds is 14. The summed E-state index contributed by atoms with van der Waals surface area (Å²) in [6.45, 7) is 0.684. The summed E-state index contributed by atoms with van der Waals surface area (Å²) in [6, 6.07) is 5.39. The molecule has 204 valence electrons. The number of carboxylic acids is 1. The van der Waals surface area contributed by atoms with E-state index >= 15 is 0 Å². The van der Waals surface area contributed by atoms with Crippen molar-refractivity contribution in [1.82, 2.24) is 25.3 Å². The molecule has 0 saturated heterocycles.